The minimum atomic E-state index is -3.79. The number of sulfone groups is 1. The van der Waals surface area contributed by atoms with E-state index in [0.717, 1.165) is 22.3 Å². The van der Waals surface area contributed by atoms with Crippen molar-refractivity contribution in [1.29, 1.82) is 0 Å². The second-order valence-electron chi connectivity index (χ2n) is 11.1. The molecule has 0 saturated heterocycles. The molecule has 4 aromatic carbocycles. The molecule has 2 N–H and O–H groups in total. The Morgan fingerprint density at radius 2 is 0.930 bits per heavy atom. The first-order chi connectivity index (χ1) is 20.1. The van der Waals surface area contributed by atoms with Crippen LogP contribution >= 0.6 is 0 Å². The van der Waals surface area contributed by atoms with E-state index in [1.807, 2.05) is 38.1 Å². The van der Waals surface area contributed by atoms with Gasteiger partial charge in [-0.15, -0.1) is 0 Å². The zero-order valence-corrected chi connectivity index (χ0v) is 25.8. The van der Waals surface area contributed by atoms with Crippen molar-refractivity contribution in [3.8, 4) is 46.7 Å². The van der Waals surface area contributed by atoms with Crippen LogP contribution in [0.5, 0.6) is 23.0 Å². The van der Waals surface area contributed by atoms with Crippen LogP contribution in [0.2, 0.25) is 0 Å². The van der Waals surface area contributed by atoms with Gasteiger partial charge in [0, 0.05) is 22.3 Å². The van der Waals surface area contributed by atoms with Crippen LogP contribution in [0.3, 0.4) is 0 Å². The topological polar surface area (TPSA) is 93.1 Å². The smallest absolute Gasteiger partial charge is 0.206 e. The standard InChI is InChI=1S/C36H34O6S/c1-25-27(21-23-35(3,4)37)9-7-11-33(25)41-29-13-17-31(18-14-29)43(39,40)32-19-15-30(16-20-32)42-34-12-8-10-28(26(34)2)22-24-36(5,6)38/h7-20,37-38H,1-6H3. The number of aliphatic hydroxyl groups is 2. The lowest BCUT2D eigenvalue weighted by atomic mass is 10.1. The van der Waals surface area contributed by atoms with Gasteiger partial charge in [0.15, 0.2) is 0 Å². The minimum Gasteiger partial charge on any atom is -0.457 e. The highest BCUT2D eigenvalue weighted by molar-refractivity contribution is 7.91. The Labute approximate surface area is 253 Å². The van der Waals surface area contributed by atoms with Crippen molar-refractivity contribution in [2.24, 2.45) is 0 Å². The Morgan fingerprint density at radius 1 is 0.581 bits per heavy atom. The summed E-state index contributed by atoms with van der Waals surface area (Å²) in [6, 6.07) is 23.4. The molecule has 0 heterocycles. The zero-order chi connectivity index (χ0) is 31.4. The van der Waals surface area contributed by atoms with Gasteiger partial charge in [0.25, 0.3) is 0 Å². The summed E-state index contributed by atoms with van der Waals surface area (Å²) >= 11 is 0. The molecule has 0 bridgehead atoms. The van der Waals surface area contributed by atoms with Crippen LogP contribution in [0, 0.1) is 37.5 Å². The maximum absolute atomic E-state index is 13.3. The van der Waals surface area contributed by atoms with E-state index >= 15 is 0 Å². The molecular weight excluding hydrogens is 560 g/mol. The summed E-state index contributed by atoms with van der Waals surface area (Å²) in [7, 11) is -3.79. The predicted octanol–water partition coefficient (Wildman–Crippen LogP) is 6.97. The van der Waals surface area contributed by atoms with Crippen molar-refractivity contribution >= 4 is 9.84 Å². The molecule has 0 radical (unpaired) electrons. The molecule has 0 spiro atoms. The summed E-state index contributed by atoms with van der Waals surface area (Å²) in [4.78, 5) is 0.257. The highest BCUT2D eigenvalue weighted by Gasteiger charge is 2.18. The predicted molar refractivity (Wildman–Crippen MR) is 167 cm³/mol. The maximum Gasteiger partial charge on any atom is 0.206 e. The Kier molecular flexibility index (Phi) is 9.04. The van der Waals surface area contributed by atoms with E-state index in [4.69, 9.17) is 9.47 Å². The molecule has 220 valence electrons. The molecule has 43 heavy (non-hydrogen) atoms. The van der Waals surface area contributed by atoms with E-state index in [1.54, 1.807) is 64.1 Å². The molecule has 0 aromatic heterocycles. The second kappa shape index (κ2) is 12.4. The molecule has 6 nitrogen and oxygen atoms in total. The average molecular weight is 595 g/mol. The van der Waals surface area contributed by atoms with E-state index in [9.17, 15) is 18.6 Å². The van der Waals surface area contributed by atoms with Gasteiger partial charge in [0.1, 0.15) is 34.2 Å². The summed E-state index contributed by atoms with van der Waals surface area (Å²) in [6.07, 6.45) is 0. The van der Waals surface area contributed by atoms with Crippen LogP contribution < -0.4 is 9.47 Å². The molecule has 4 rings (SSSR count). The van der Waals surface area contributed by atoms with Crippen LogP contribution in [-0.4, -0.2) is 29.8 Å². The molecule has 0 unspecified atom stereocenters. The molecule has 4 aromatic rings. The third-order valence-corrected chi connectivity index (χ3v) is 8.08. The summed E-state index contributed by atoms with van der Waals surface area (Å²) in [5.74, 6) is 13.7. The van der Waals surface area contributed by atoms with E-state index < -0.39 is 21.0 Å². The Bertz CT molecular complexity index is 1720. The van der Waals surface area contributed by atoms with Crippen LogP contribution in [0.4, 0.5) is 0 Å². The molecule has 0 aliphatic rings. The first-order valence-electron chi connectivity index (χ1n) is 13.6. The van der Waals surface area contributed by atoms with Crippen molar-refractivity contribution in [2.45, 2.75) is 62.5 Å². The zero-order valence-electron chi connectivity index (χ0n) is 25.0. The highest BCUT2D eigenvalue weighted by atomic mass is 32.2. The Morgan fingerprint density at radius 3 is 1.26 bits per heavy atom. The minimum absolute atomic E-state index is 0.129. The third-order valence-electron chi connectivity index (χ3n) is 6.30. The van der Waals surface area contributed by atoms with Gasteiger partial charge in [-0.05, 0) is 114 Å². The van der Waals surface area contributed by atoms with Crippen molar-refractivity contribution in [3.63, 3.8) is 0 Å². The number of ether oxygens (including phenoxy) is 2. The fourth-order valence-corrected chi connectivity index (χ4v) is 5.19. The third kappa shape index (κ3) is 8.28. The lowest BCUT2D eigenvalue weighted by Crippen LogP contribution is -2.14. The first-order valence-corrected chi connectivity index (χ1v) is 15.1. The summed E-state index contributed by atoms with van der Waals surface area (Å²) in [5.41, 5.74) is 0.848. The van der Waals surface area contributed by atoms with Crippen molar-refractivity contribution in [1.82, 2.24) is 0 Å². The van der Waals surface area contributed by atoms with Crippen molar-refractivity contribution in [2.75, 3.05) is 0 Å². The molecule has 0 aliphatic heterocycles. The molecular formula is C36H34O6S. The van der Waals surface area contributed by atoms with E-state index in [2.05, 4.69) is 23.7 Å². The molecule has 0 atom stereocenters. The van der Waals surface area contributed by atoms with Crippen molar-refractivity contribution in [3.05, 3.63) is 107 Å². The van der Waals surface area contributed by atoms with Gasteiger partial charge in [-0.1, -0.05) is 35.8 Å². The SMILES string of the molecule is Cc1c(C#CC(C)(C)O)cccc1Oc1ccc(S(=O)(=O)c2ccc(Oc3cccc(C#CC(C)(C)O)c3C)cc2)cc1. The van der Waals surface area contributed by atoms with Crippen LogP contribution in [0.1, 0.15) is 49.9 Å². The van der Waals surface area contributed by atoms with Gasteiger partial charge in [-0.2, -0.15) is 0 Å². The fraction of sp³-hybridized carbons (Fsp3) is 0.222. The van der Waals surface area contributed by atoms with Gasteiger partial charge < -0.3 is 19.7 Å². The van der Waals surface area contributed by atoms with Gasteiger partial charge >= 0.3 is 0 Å². The number of hydrogen-bond acceptors (Lipinski definition) is 6. The van der Waals surface area contributed by atoms with Gasteiger partial charge in [-0.25, -0.2) is 8.42 Å². The normalized spacial score (nSPS) is 11.5. The number of hydrogen-bond donors (Lipinski definition) is 2. The van der Waals surface area contributed by atoms with Crippen LogP contribution in [0.25, 0.3) is 0 Å². The molecule has 0 saturated carbocycles. The second-order valence-corrected chi connectivity index (χ2v) is 13.1. The molecule has 0 amide bonds. The quantitative estimate of drug-likeness (QED) is 0.234. The van der Waals surface area contributed by atoms with Crippen LogP contribution in [-0.2, 0) is 9.84 Å². The summed E-state index contributed by atoms with van der Waals surface area (Å²) < 4.78 is 38.7. The Balaban J connectivity index is 1.49. The maximum atomic E-state index is 13.3. The Hall–Kier alpha value is -4.53. The first kappa shape index (κ1) is 31.4. The number of benzene rings is 4. The molecule has 7 heteroatoms. The van der Waals surface area contributed by atoms with Gasteiger partial charge in [0.2, 0.25) is 9.84 Å². The largest absolute Gasteiger partial charge is 0.457 e. The highest BCUT2D eigenvalue weighted by Crippen LogP contribution is 2.31. The molecule has 0 aliphatic carbocycles. The van der Waals surface area contributed by atoms with Crippen LogP contribution in [0.15, 0.2) is 94.7 Å². The average Bonchev–Trinajstić information content (AvgIpc) is 2.94. The van der Waals surface area contributed by atoms with E-state index in [0.29, 0.717) is 23.0 Å². The van der Waals surface area contributed by atoms with Gasteiger partial charge in [0.05, 0.1) is 9.79 Å². The molecule has 0 fully saturated rings. The monoisotopic (exact) mass is 594 g/mol. The lowest BCUT2D eigenvalue weighted by molar-refractivity contribution is 0.143. The van der Waals surface area contributed by atoms with E-state index in [-0.39, 0.29) is 9.79 Å². The summed E-state index contributed by atoms with van der Waals surface area (Å²) in [5, 5.41) is 19.8. The van der Waals surface area contributed by atoms with Gasteiger partial charge in [-0.3, -0.25) is 0 Å². The number of rotatable bonds is 6. The van der Waals surface area contributed by atoms with Crippen molar-refractivity contribution < 1.29 is 28.1 Å². The summed E-state index contributed by atoms with van der Waals surface area (Å²) in [6.45, 7) is 10.2. The fourth-order valence-electron chi connectivity index (χ4n) is 3.93. The van der Waals surface area contributed by atoms with E-state index in [1.165, 1.54) is 24.3 Å². The lowest BCUT2D eigenvalue weighted by Gasteiger charge is -2.12.